The number of rotatable bonds is 4. The Morgan fingerprint density at radius 2 is 1.64 bits per heavy atom. The number of amides is 1. The van der Waals surface area contributed by atoms with E-state index in [0.29, 0.717) is 21.5 Å². The molecule has 0 bridgehead atoms. The quantitative estimate of drug-likeness (QED) is 0.707. The minimum absolute atomic E-state index is 0.228. The second-order valence-corrected chi connectivity index (χ2v) is 6.05. The van der Waals surface area contributed by atoms with E-state index in [1.165, 1.54) is 11.6 Å². The van der Waals surface area contributed by atoms with Gasteiger partial charge in [0.2, 0.25) is 5.91 Å². The topological polar surface area (TPSA) is 29.1 Å². The summed E-state index contributed by atoms with van der Waals surface area (Å²) in [7, 11) is 0. The minimum atomic E-state index is -0.228. The highest BCUT2D eigenvalue weighted by molar-refractivity contribution is 6.37. The fraction of sp³-hybridized carbons (Fsp3) is 0.167. The number of anilines is 1. The molecule has 4 heteroatoms. The molecule has 0 aliphatic heterocycles. The molecule has 1 amide bonds. The molecule has 0 spiro atoms. The first-order chi connectivity index (χ1) is 10.5. The van der Waals surface area contributed by atoms with Crippen LogP contribution in [-0.2, 0) is 4.79 Å². The van der Waals surface area contributed by atoms with E-state index in [4.69, 9.17) is 23.2 Å². The maximum atomic E-state index is 11.9. The van der Waals surface area contributed by atoms with Gasteiger partial charge in [-0.2, -0.15) is 0 Å². The van der Waals surface area contributed by atoms with E-state index in [9.17, 15) is 4.79 Å². The summed E-state index contributed by atoms with van der Waals surface area (Å²) in [6.45, 7) is 4.26. The Hall–Kier alpha value is -1.77. The molecular formula is C18H17Cl2NO. The third kappa shape index (κ3) is 4.36. The van der Waals surface area contributed by atoms with Gasteiger partial charge in [0.25, 0.3) is 0 Å². The van der Waals surface area contributed by atoms with Crippen molar-refractivity contribution < 1.29 is 4.79 Å². The molecule has 0 saturated carbocycles. The Labute approximate surface area is 140 Å². The molecule has 0 aliphatic rings. The highest BCUT2D eigenvalue weighted by atomic mass is 35.5. The average Bonchev–Trinajstić information content (AvgIpc) is 2.47. The van der Waals surface area contributed by atoms with Gasteiger partial charge in [0.05, 0.1) is 0 Å². The minimum Gasteiger partial charge on any atom is -0.323 e. The summed E-state index contributed by atoms with van der Waals surface area (Å²) in [6.07, 6.45) is 3.03. The van der Waals surface area contributed by atoms with Crippen molar-refractivity contribution in [3.63, 3.8) is 0 Å². The molecule has 0 unspecified atom stereocenters. The van der Waals surface area contributed by atoms with Gasteiger partial charge >= 0.3 is 0 Å². The van der Waals surface area contributed by atoms with Crippen LogP contribution in [0.5, 0.6) is 0 Å². The Morgan fingerprint density at radius 3 is 2.18 bits per heavy atom. The van der Waals surface area contributed by atoms with Gasteiger partial charge in [-0.1, -0.05) is 55.2 Å². The van der Waals surface area contributed by atoms with Crippen LogP contribution in [0.3, 0.4) is 0 Å². The second-order valence-electron chi connectivity index (χ2n) is 5.23. The summed E-state index contributed by atoms with van der Waals surface area (Å²) in [5, 5.41) is 3.83. The summed E-state index contributed by atoms with van der Waals surface area (Å²) >= 11 is 12.1. The van der Waals surface area contributed by atoms with Crippen molar-refractivity contribution in [1.29, 1.82) is 0 Å². The van der Waals surface area contributed by atoms with Gasteiger partial charge in [0.15, 0.2) is 0 Å². The van der Waals surface area contributed by atoms with Crippen molar-refractivity contribution in [2.24, 2.45) is 0 Å². The smallest absolute Gasteiger partial charge is 0.248 e. The van der Waals surface area contributed by atoms with Crippen LogP contribution in [0.2, 0.25) is 10.0 Å². The van der Waals surface area contributed by atoms with Crippen LogP contribution in [0.25, 0.3) is 6.08 Å². The largest absolute Gasteiger partial charge is 0.323 e. The zero-order chi connectivity index (χ0) is 16.1. The van der Waals surface area contributed by atoms with Crippen molar-refractivity contribution in [3.05, 3.63) is 69.7 Å². The summed E-state index contributed by atoms with van der Waals surface area (Å²) in [6, 6.07) is 13.0. The van der Waals surface area contributed by atoms with Gasteiger partial charge in [0, 0.05) is 27.4 Å². The van der Waals surface area contributed by atoms with Gasteiger partial charge in [-0.15, -0.1) is 0 Å². The zero-order valence-corrected chi connectivity index (χ0v) is 13.9. The van der Waals surface area contributed by atoms with E-state index in [-0.39, 0.29) is 5.91 Å². The van der Waals surface area contributed by atoms with Crippen LogP contribution in [0, 0.1) is 0 Å². The van der Waals surface area contributed by atoms with Gasteiger partial charge in [-0.3, -0.25) is 4.79 Å². The number of hydrogen-bond acceptors (Lipinski definition) is 1. The van der Waals surface area contributed by atoms with Crippen LogP contribution < -0.4 is 5.32 Å². The van der Waals surface area contributed by atoms with E-state index in [2.05, 4.69) is 19.2 Å². The molecule has 2 nitrogen and oxygen atoms in total. The lowest BCUT2D eigenvalue weighted by atomic mass is 10.0. The van der Waals surface area contributed by atoms with Crippen LogP contribution in [-0.4, -0.2) is 5.91 Å². The van der Waals surface area contributed by atoms with E-state index in [1.807, 2.05) is 24.3 Å². The van der Waals surface area contributed by atoms with Gasteiger partial charge in [-0.05, 0) is 41.8 Å². The number of hydrogen-bond donors (Lipinski definition) is 1. The number of halogens is 2. The molecule has 0 aliphatic carbocycles. The highest BCUT2D eigenvalue weighted by Gasteiger charge is 2.04. The molecule has 0 saturated heterocycles. The average molecular weight is 334 g/mol. The van der Waals surface area contributed by atoms with Crippen molar-refractivity contribution >= 4 is 40.9 Å². The first-order valence-corrected chi connectivity index (χ1v) is 7.76. The lowest BCUT2D eigenvalue weighted by Crippen LogP contribution is -2.07. The monoisotopic (exact) mass is 333 g/mol. The molecule has 2 rings (SSSR count). The van der Waals surface area contributed by atoms with Crippen LogP contribution in [0.15, 0.2) is 48.5 Å². The SMILES string of the molecule is CC(C)c1ccc(NC(=O)C=Cc2c(Cl)cccc2Cl)cc1. The fourth-order valence-electron chi connectivity index (χ4n) is 1.96. The van der Waals surface area contributed by atoms with E-state index < -0.39 is 0 Å². The summed E-state index contributed by atoms with van der Waals surface area (Å²) in [5.41, 5.74) is 2.62. The van der Waals surface area contributed by atoms with Crippen molar-refractivity contribution in [2.45, 2.75) is 19.8 Å². The molecular weight excluding hydrogens is 317 g/mol. The molecule has 0 fully saturated rings. The van der Waals surface area contributed by atoms with E-state index in [0.717, 1.165) is 5.69 Å². The number of nitrogens with one attached hydrogen (secondary N) is 1. The molecule has 114 valence electrons. The maximum Gasteiger partial charge on any atom is 0.248 e. The molecule has 22 heavy (non-hydrogen) atoms. The second kappa shape index (κ2) is 7.48. The number of benzene rings is 2. The third-order valence-corrected chi connectivity index (χ3v) is 3.91. The summed E-state index contributed by atoms with van der Waals surface area (Å²) < 4.78 is 0. The molecule has 0 heterocycles. The van der Waals surface area contributed by atoms with Gasteiger partial charge in [0.1, 0.15) is 0 Å². The standard InChI is InChI=1S/C18H17Cl2NO/c1-12(2)13-6-8-14(9-7-13)21-18(22)11-10-15-16(19)4-3-5-17(15)20/h3-12H,1-2H3,(H,21,22). The Balaban J connectivity index is 2.05. The lowest BCUT2D eigenvalue weighted by Gasteiger charge is -2.07. The molecule has 2 aromatic carbocycles. The highest BCUT2D eigenvalue weighted by Crippen LogP contribution is 2.25. The van der Waals surface area contributed by atoms with Gasteiger partial charge in [-0.25, -0.2) is 0 Å². The predicted molar refractivity (Wildman–Crippen MR) is 94.7 cm³/mol. The number of carbonyl (C=O) groups is 1. The van der Waals surface area contributed by atoms with Crippen LogP contribution in [0.1, 0.15) is 30.9 Å². The Kier molecular flexibility index (Phi) is 5.64. The van der Waals surface area contributed by atoms with Crippen LogP contribution >= 0.6 is 23.2 Å². The number of carbonyl (C=O) groups excluding carboxylic acids is 1. The zero-order valence-electron chi connectivity index (χ0n) is 12.4. The van der Waals surface area contributed by atoms with Crippen molar-refractivity contribution in [1.82, 2.24) is 0 Å². The lowest BCUT2D eigenvalue weighted by molar-refractivity contribution is -0.111. The molecule has 1 N–H and O–H groups in total. The predicted octanol–water partition coefficient (Wildman–Crippen LogP) is 5.77. The third-order valence-electron chi connectivity index (χ3n) is 3.25. The Morgan fingerprint density at radius 1 is 1.05 bits per heavy atom. The first kappa shape index (κ1) is 16.6. The van der Waals surface area contributed by atoms with Crippen molar-refractivity contribution in [2.75, 3.05) is 5.32 Å². The summed E-state index contributed by atoms with van der Waals surface area (Å²) in [5.74, 6) is 0.236. The molecule has 2 aromatic rings. The summed E-state index contributed by atoms with van der Waals surface area (Å²) in [4.78, 5) is 11.9. The van der Waals surface area contributed by atoms with Gasteiger partial charge < -0.3 is 5.32 Å². The fourth-order valence-corrected chi connectivity index (χ4v) is 2.49. The van der Waals surface area contributed by atoms with E-state index >= 15 is 0 Å². The maximum absolute atomic E-state index is 11.9. The normalized spacial score (nSPS) is 11.1. The van der Waals surface area contributed by atoms with Crippen molar-refractivity contribution in [3.8, 4) is 0 Å². The Bertz CT molecular complexity index is 670. The van der Waals surface area contributed by atoms with E-state index in [1.54, 1.807) is 24.3 Å². The molecule has 0 aromatic heterocycles. The first-order valence-electron chi connectivity index (χ1n) is 7.00. The molecule has 0 atom stereocenters. The molecule has 0 radical (unpaired) electrons. The van der Waals surface area contributed by atoms with Crippen LogP contribution in [0.4, 0.5) is 5.69 Å².